The average molecular weight is 469 g/mol. The van der Waals surface area contributed by atoms with Gasteiger partial charge in [0.15, 0.2) is 0 Å². The number of carbonyl (C=O) groups excluding carboxylic acids is 1. The molecule has 1 saturated heterocycles. The summed E-state index contributed by atoms with van der Waals surface area (Å²) >= 11 is 0. The number of piperidine rings is 1. The molecule has 7 nitrogen and oxygen atoms in total. The van der Waals surface area contributed by atoms with Gasteiger partial charge >= 0.3 is 6.18 Å². The Morgan fingerprint density at radius 1 is 1.09 bits per heavy atom. The van der Waals surface area contributed by atoms with Gasteiger partial charge in [-0.05, 0) is 37.4 Å². The number of hydrogen-bond donors (Lipinski definition) is 1. The summed E-state index contributed by atoms with van der Waals surface area (Å²) in [6, 6.07) is 11.1. The Morgan fingerprint density at radius 3 is 2.38 bits per heavy atom. The normalized spacial score (nSPS) is 15.3. The molecule has 1 N–H and O–H groups in total. The maximum atomic E-state index is 13.2. The molecule has 0 saturated carbocycles. The molecule has 2 aromatic rings. The summed E-state index contributed by atoms with van der Waals surface area (Å²) < 4.78 is 66.6. The van der Waals surface area contributed by atoms with Crippen LogP contribution in [0.4, 0.5) is 18.9 Å². The molecule has 2 aromatic carbocycles. The van der Waals surface area contributed by atoms with E-state index in [-0.39, 0.29) is 10.6 Å². The minimum absolute atomic E-state index is 0.146. The van der Waals surface area contributed by atoms with E-state index < -0.39 is 34.2 Å². The van der Waals surface area contributed by atoms with Crippen molar-refractivity contribution in [1.29, 1.82) is 0 Å². The second-order valence-corrected chi connectivity index (χ2v) is 9.25. The zero-order chi connectivity index (χ0) is 23.4. The molecule has 1 aliphatic heterocycles. The van der Waals surface area contributed by atoms with Crippen molar-refractivity contribution in [3.63, 3.8) is 0 Å². The average Bonchev–Trinajstić information content (AvgIpc) is 2.77. The highest BCUT2D eigenvalue weighted by Gasteiger charge is 2.33. The lowest BCUT2D eigenvalue weighted by atomic mass is 10.1. The van der Waals surface area contributed by atoms with Crippen LogP contribution in [0.3, 0.4) is 0 Å². The van der Waals surface area contributed by atoms with Gasteiger partial charge in [-0.2, -0.15) is 18.3 Å². The number of halogens is 3. The summed E-state index contributed by atoms with van der Waals surface area (Å²) in [5.41, 5.74) is 1.82. The Kier molecular flexibility index (Phi) is 7.19. The van der Waals surface area contributed by atoms with Crippen molar-refractivity contribution >= 4 is 27.3 Å². The van der Waals surface area contributed by atoms with Gasteiger partial charge in [-0.1, -0.05) is 24.3 Å². The highest BCUT2D eigenvalue weighted by atomic mass is 32.2. The fraction of sp³-hybridized carbons (Fsp3) is 0.333. The molecule has 3 rings (SSSR count). The number of rotatable bonds is 6. The minimum atomic E-state index is -4.67. The predicted octanol–water partition coefficient (Wildman–Crippen LogP) is 3.10. The number of likely N-dealkylation sites (tertiary alicyclic amines) is 1. The molecular weight excluding hydrogens is 445 g/mol. The van der Waals surface area contributed by atoms with Crippen LogP contribution in [0.1, 0.15) is 18.4 Å². The number of nitrogens with zero attached hydrogens (tertiary/aromatic N) is 3. The summed E-state index contributed by atoms with van der Waals surface area (Å²) in [5.74, 6) is -0.756. The first-order chi connectivity index (χ1) is 15.1. The molecule has 1 aliphatic rings. The van der Waals surface area contributed by atoms with Crippen molar-refractivity contribution in [3.05, 3.63) is 60.2 Å². The maximum Gasteiger partial charge on any atom is 0.416 e. The summed E-state index contributed by atoms with van der Waals surface area (Å²) in [5, 5.41) is 4.06. The lowest BCUT2D eigenvalue weighted by molar-refractivity contribution is -0.137. The first-order valence-electron chi connectivity index (χ1n) is 9.85. The highest BCUT2D eigenvalue weighted by molar-refractivity contribution is 7.92. The number of carbonyl (C=O) groups is 1. The fourth-order valence-corrected chi connectivity index (χ4v) is 4.60. The smallest absolute Gasteiger partial charge is 0.306 e. The van der Waals surface area contributed by atoms with Crippen molar-refractivity contribution < 1.29 is 26.4 Å². The standard InChI is InChI=1S/C21H23F3N4O3S/c1-27-12-10-17(11-13-27)25-26-20(29)15-28(32(30,31)19-8-3-2-4-9-19)18-7-5-6-16(14-18)21(22,23)24/h2-9,14H,10-13,15H2,1H3,(H,26,29). The van der Waals surface area contributed by atoms with E-state index in [1.807, 2.05) is 7.05 Å². The van der Waals surface area contributed by atoms with E-state index in [0.29, 0.717) is 23.2 Å². The second kappa shape index (κ2) is 9.70. The number of sulfonamides is 1. The number of anilines is 1. The Hall–Kier alpha value is -2.92. The van der Waals surface area contributed by atoms with Crippen LogP contribution >= 0.6 is 0 Å². The van der Waals surface area contributed by atoms with Crippen molar-refractivity contribution in [3.8, 4) is 0 Å². The Morgan fingerprint density at radius 2 is 1.75 bits per heavy atom. The van der Waals surface area contributed by atoms with Gasteiger partial charge in [0.2, 0.25) is 0 Å². The Bertz CT molecular complexity index is 1080. The minimum Gasteiger partial charge on any atom is -0.306 e. The highest BCUT2D eigenvalue weighted by Crippen LogP contribution is 2.33. The first kappa shape index (κ1) is 23.7. The van der Waals surface area contributed by atoms with Gasteiger partial charge in [0.1, 0.15) is 6.54 Å². The predicted molar refractivity (Wildman–Crippen MR) is 115 cm³/mol. The third kappa shape index (κ3) is 5.86. The van der Waals surface area contributed by atoms with Crippen LogP contribution in [0.5, 0.6) is 0 Å². The molecule has 172 valence electrons. The van der Waals surface area contributed by atoms with Crippen LogP contribution in [0.15, 0.2) is 64.6 Å². The van der Waals surface area contributed by atoms with E-state index in [1.165, 1.54) is 30.3 Å². The van der Waals surface area contributed by atoms with Crippen molar-refractivity contribution in [1.82, 2.24) is 10.3 Å². The van der Waals surface area contributed by atoms with Gasteiger partial charge in [-0.3, -0.25) is 9.10 Å². The third-order valence-electron chi connectivity index (χ3n) is 4.98. The van der Waals surface area contributed by atoms with E-state index in [0.717, 1.165) is 30.9 Å². The monoisotopic (exact) mass is 468 g/mol. The molecule has 0 spiro atoms. The quantitative estimate of drug-likeness (QED) is 0.661. The van der Waals surface area contributed by atoms with Gasteiger partial charge < -0.3 is 4.90 Å². The molecular formula is C21H23F3N4O3S. The maximum absolute atomic E-state index is 13.2. The molecule has 1 fully saturated rings. The Labute approximate surface area is 184 Å². The molecule has 0 aromatic heterocycles. The summed E-state index contributed by atoms with van der Waals surface area (Å²) in [4.78, 5) is 14.5. The number of benzene rings is 2. The molecule has 0 aliphatic carbocycles. The largest absolute Gasteiger partial charge is 0.416 e. The summed E-state index contributed by atoms with van der Waals surface area (Å²) in [7, 11) is -2.34. The molecule has 0 atom stereocenters. The molecule has 1 amide bonds. The van der Waals surface area contributed by atoms with Crippen LogP contribution in [0.25, 0.3) is 0 Å². The van der Waals surface area contributed by atoms with Crippen molar-refractivity contribution in [2.75, 3.05) is 31.0 Å². The number of hydrazone groups is 1. The summed E-state index contributed by atoms with van der Waals surface area (Å²) in [6.07, 6.45) is -3.34. The molecule has 0 radical (unpaired) electrons. The lowest BCUT2D eigenvalue weighted by Gasteiger charge is -2.25. The van der Waals surface area contributed by atoms with Gasteiger partial charge in [-0.15, -0.1) is 0 Å². The fourth-order valence-electron chi connectivity index (χ4n) is 3.17. The van der Waals surface area contributed by atoms with E-state index in [2.05, 4.69) is 15.4 Å². The van der Waals surface area contributed by atoms with E-state index in [1.54, 1.807) is 6.07 Å². The SMILES string of the molecule is CN1CCC(=NNC(=O)CN(c2cccc(C(F)(F)F)c2)S(=O)(=O)c2ccccc2)CC1. The van der Waals surface area contributed by atoms with Crippen LogP contribution < -0.4 is 9.73 Å². The lowest BCUT2D eigenvalue weighted by Crippen LogP contribution is -2.40. The van der Waals surface area contributed by atoms with Crippen LogP contribution in [0, 0.1) is 0 Å². The van der Waals surface area contributed by atoms with E-state index in [9.17, 15) is 26.4 Å². The van der Waals surface area contributed by atoms with Crippen molar-refractivity contribution in [2.24, 2.45) is 5.10 Å². The van der Waals surface area contributed by atoms with E-state index >= 15 is 0 Å². The van der Waals surface area contributed by atoms with Crippen molar-refractivity contribution in [2.45, 2.75) is 23.9 Å². The number of alkyl halides is 3. The van der Waals surface area contributed by atoms with Crippen LogP contribution in [0.2, 0.25) is 0 Å². The third-order valence-corrected chi connectivity index (χ3v) is 6.77. The van der Waals surface area contributed by atoms with E-state index in [4.69, 9.17) is 0 Å². The number of amides is 1. The van der Waals surface area contributed by atoms with Gasteiger partial charge in [0.25, 0.3) is 15.9 Å². The zero-order valence-electron chi connectivity index (χ0n) is 17.3. The molecule has 32 heavy (non-hydrogen) atoms. The molecule has 0 unspecified atom stereocenters. The molecule has 11 heteroatoms. The van der Waals surface area contributed by atoms with Gasteiger partial charge in [-0.25, -0.2) is 13.8 Å². The number of nitrogens with one attached hydrogen (secondary N) is 1. The zero-order valence-corrected chi connectivity index (χ0v) is 18.2. The van der Waals surface area contributed by atoms with Gasteiger partial charge in [0, 0.05) is 31.6 Å². The van der Waals surface area contributed by atoms with Gasteiger partial charge in [0.05, 0.1) is 16.1 Å². The van der Waals surface area contributed by atoms with Crippen LogP contribution in [-0.2, 0) is 21.0 Å². The first-order valence-corrected chi connectivity index (χ1v) is 11.3. The number of hydrogen-bond acceptors (Lipinski definition) is 5. The second-order valence-electron chi connectivity index (χ2n) is 7.39. The molecule has 1 heterocycles. The summed E-state index contributed by atoms with van der Waals surface area (Å²) in [6.45, 7) is 0.843. The molecule has 0 bridgehead atoms. The topological polar surface area (TPSA) is 82.1 Å². The Balaban J connectivity index is 1.89. The van der Waals surface area contributed by atoms with Crippen LogP contribution in [-0.4, -0.2) is 51.6 Å².